The van der Waals surface area contributed by atoms with Crippen LogP contribution in [0.4, 0.5) is 0 Å². The quantitative estimate of drug-likeness (QED) is 0.654. The fourth-order valence-corrected chi connectivity index (χ4v) is 0.735. The van der Waals surface area contributed by atoms with Gasteiger partial charge in [-0.1, -0.05) is 0 Å². The maximum atomic E-state index is 11.2. The standard InChI is InChI=1S/C9H19NO2/c1-7(10-5)6-8(11)12-9(2,3)4/h7,10H,6H2,1-5H3/t7-/m0/s1. The van der Waals surface area contributed by atoms with Gasteiger partial charge in [0, 0.05) is 6.04 Å². The van der Waals surface area contributed by atoms with Gasteiger partial charge in [-0.15, -0.1) is 0 Å². The highest BCUT2D eigenvalue weighted by Crippen LogP contribution is 2.08. The third-order valence-corrected chi connectivity index (χ3v) is 1.39. The van der Waals surface area contributed by atoms with Crippen molar-refractivity contribution < 1.29 is 9.53 Å². The largest absolute Gasteiger partial charge is 0.460 e. The number of carbonyl (C=O) groups is 1. The van der Waals surface area contributed by atoms with Crippen LogP contribution in [-0.4, -0.2) is 24.7 Å². The molecule has 0 aliphatic rings. The molecule has 0 aliphatic heterocycles. The van der Waals surface area contributed by atoms with Gasteiger partial charge in [-0.25, -0.2) is 0 Å². The zero-order valence-electron chi connectivity index (χ0n) is 8.60. The Morgan fingerprint density at radius 1 is 1.50 bits per heavy atom. The van der Waals surface area contributed by atoms with Gasteiger partial charge in [0.25, 0.3) is 0 Å². The Kier molecular flexibility index (Phi) is 4.24. The molecule has 12 heavy (non-hydrogen) atoms. The van der Waals surface area contributed by atoms with E-state index < -0.39 is 0 Å². The van der Waals surface area contributed by atoms with Gasteiger partial charge in [-0.05, 0) is 34.7 Å². The van der Waals surface area contributed by atoms with E-state index in [2.05, 4.69) is 5.32 Å². The van der Waals surface area contributed by atoms with Crippen molar-refractivity contribution in [3.8, 4) is 0 Å². The molecule has 3 heteroatoms. The van der Waals surface area contributed by atoms with Crippen LogP contribution in [0.5, 0.6) is 0 Å². The molecule has 1 N–H and O–H groups in total. The number of hydrogen-bond acceptors (Lipinski definition) is 3. The second-order valence-corrected chi connectivity index (χ2v) is 3.98. The molecule has 72 valence electrons. The topological polar surface area (TPSA) is 38.3 Å². The Balaban J connectivity index is 3.75. The molecule has 0 aromatic heterocycles. The van der Waals surface area contributed by atoms with Crippen molar-refractivity contribution in [1.82, 2.24) is 5.32 Å². The zero-order chi connectivity index (χ0) is 9.78. The predicted octanol–water partition coefficient (Wildman–Crippen LogP) is 1.33. The van der Waals surface area contributed by atoms with Crippen molar-refractivity contribution in [3.05, 3.63) is 0 Å². The number of esters is 1. The molecule has 0 aromatic rings. The van der Waals surface area contributed by atoms with Crippen LogP contribution < -0.4 is 5.32 Å². The number of nitrogens with one attached hydrogen (secondary N) is 1. The summed E-state index contributed by atoms with van der Waals surface area (Å²) in [4.78, 5) is 11.2. The average Bonchev–Trinajstić information content (AvgIpc) is 1.82. The summed E-state index contributed by atoms with van der Waals surface area (Å²) in [6.45, 7) is 7.56. The Hall–Kier alpha value is -0.570. The summed E-state index contributed by atoms with van der Waals surface area (Å²) in [6.07, 6.45) is 0.424. The Bertz CT molecular complexity index is 149. The minimum absolute atomic E-state index is 0.149. The van der Waals surface area contributed by atoms with Crippen LogP contribution in [0.15, 0.2) is 0 Å². The van der Waals surface area contributed by atoms with Crippen LogP contribution >= 0.6 is 0 Å². The van der Waals surface area contributed by atoms with Gasteiger partial charge in [-0.2, -0.15) is 0 Å². The lowest BCUT2D eigenvalue weighted by atomic mass is 10.2. The lowest BCUT2D eigenvalue weighted by Crippen LogP contribution is -2.30. The Morgan fingerprint density at radius 3 is 2.33 bits per heavy atom. The molecule has 0 heterocycles. The Morgan fingerprint density at radius 2 is 2.00 bits per heavy atom. The second kappa shape index (κ2) is 4.45. The van der Waals surface area contributed by atoms with Gasteiger partial charge in [0.05, 0.1) is 6.42 Å². The van der Waals surface area contributed by atoms with Gasteiger partial charge in [0.15, 0.2) is 0 Å². The molecule has 0 unspecified atom stereocenters. The first-order valence-electron chi connectivity index (χ1n) is 4.24. The van der Waals surface area contributed by atoms with Crippen molar-refractivity contribution in [2.45, 2.75) is 45.8 Å². The predicted molar refractivity (Wildman–Crippen MR) is 49.0 cm³/mol. The highest BCUT2D eigenvalue weighted by molar-refractivity contribution is 5.70. The maximum Gasteiger partial charge on any atom is 0.307 e. The minimum atomic E-state index is -0.370. The van der Waals surface area contributed by atoms with E-state index in [1.54, 1.807) is 0 Å². The molecular formula is C9H19NO2. The van der Waals surface area contributed by atoms with Gasteiger partial charge in [0.1, 0.15) is 5.60 Å². The van der Waals surface area contributed by atoms with Gasteiger partial charge < -0.3 is 10.1 Å². The van der Waals surface area contributed by atoms with E-state index in [0.717, 1.165) is 0 Å². The van der Waals surface area contributed by atoms with Crippen LogP contribution in [0, 0.1) is 0 Å². The molecule has 0 bridgehead atoms. The molecule has 0 aromatic carbocycles. The van der Waals surface area contributed by atoms with Crippen LogP contribution in [-0.2, 0) is 9.53 Å². The number of rotatable bonds is 3. The van der Waals surface area contributed by atoms with Crippen molar-refractivity contribution in [3.63, 3.8) is 0 Å². The van der Waals surface area contributed by atoms with E-state index in [9.17, 15) is 4.79 Å². The molecule has 0 saturated heterocycles. The van der Waals surface area contributed by atoms with E-state index >= 15 is 0 Å². The summed E-state index contributed by atoms with van der Waals surface area (Å²) in [6, 6.07) is 0.180. The van der Waals surface area contributed by atoms with E-state index in [1.165, 1.54) is 0 Å². The summed E-state index contributed by atoms with van der Waals surface area (Å²) < 4.78 is 5.13. The molecule has 3 nitrogen and oxygen atoms in total. The first-order chi connectivity index (χ1) is 5.35. The van der Waals surface area contributed by atoms with Crippen LogP contribution in [0.1, 0.15) is 34.1 Å². The monoisotopic (exact) mass is 173 g/mol. The lowest BCUT2D eigenvalue weighted by Gasteiger charge is -2.20. The van der Waals surface area contributed by atoms with Gasteiger partial charge in [0.2, 0.25) is 0 Å². The van der Waals surface area contributed by atoms with E-state index in [0.29, 0.717) is 6.42 Å². The fourth-order valence-electron chi connectivity index (χ4n) is 0.735. The fraction of sp³-hybridized carbons (Fsp3) is 0.889. The SMILES string of the molecule is CN[C@@H](C)CC(=O)OC(C)(C)C. The summed E-state index contributed by atoms with van der Waals surface area (Å²) in [7, 11) is 1.83. The molecule has 0 amide bonds. The van der Waals surface area contributed by atoms with E-state index in [4.69, 9.17) is 4.74 Å². The van der Waals surface area contributed by atoms with Crippen LogP contribution in [0.25, 0.3) is 0 Å². The Labute approximate surface area is 74.5 Å². The van der Waals surface area contributed by atoms with Crippen molar-refractivity contribution in [2.24, 2.45) is 0 Å². The van der Waals surface area contributed by atoms with E-state index in [-0.39, 0.29) is 17.6 Å². The summed E-state index contributed by atoms with van der Waals surface area (Å²) >= 11 is 0. The normalized spacial score (nSPS) is 14.1. The number of hydrogen-bond donors (Lipinski definition) is 1. The average molecular weight is 173 g/mol. The van der Waals surface area contributed by atoms with Crippen LogP contribution in [0.3, 0.4) is 0 Å². The summed E-state index contributed by atoms with van der Waals surface area (Å²) in [5.41, 5.74) is -0.370. The molecule has 0 saturated carbocycles. The molecule has 0 radical (unpaired) electrons. The first kappa shape index (κ1) is 11.4. The highest BCUT2D eigenvalue weighted by Gasteiger charge is 2.17. The van der Waals surface area contributed by atoms with E-state index in [1.807, 2.05) is 34.7 Å². The van der Waals surface area contributed by atoms with Gasteiger partial charge in [-0.3, -0.25) is 4.79 Å². The first-order valence-corrected chi connectivity index (χ1v) is 4.24. The van der Waals surface area contributed by atoms with Crippen molar-refractivity contribution in [1.29, 1.82) is 0 Å². The number of ether oxygens (including phenoxy) is 1. The van der Waals surface area contributed by atoms with Crippen LogP contribution in [0.2, 0.25) is 0 Å². The highest BCUT2D eigenvalue weighted by atomic mass is 16.6. The van der Waals surface area contributed by atoms with Crippen molar-refractivity contribution in [2.75, 3.05) is 7.05 Å². The minimum Gasteiger partial charge on any atom is -0.460 e. The third kappa shape index (κ3) is 6.16. The molecule has 0 fully saturated rings. The summed E-state index contributed by atoms with van der Waals surface area (Å²) in [5.74, 6) is -0.149. The molecule has 0 aliphatic carbocycles. The molecule has 0 spiro atoms. The molecular weight excluding hydrogens is 154 g/mol. The maximum absolute atomic E-state index is 11.2. The van der Waals surface area contributed by atoms with Crippen molar-refractivity contribution >= 4 is 5.97 Å². The second-order valence-electron chi connectivity index (χ2n) is 3.98. The zero-order valence-corrected chi connectivity index (χ0v) is 8.60. The molecule has 1 atom stereocenters. The summed E-state index contributed by atoms with van der Waals surface area (Å²) in [5, 5.41) is 2.98. The molecule has 0 rings (SSSR count). The van der Waals surface area contributed by atoms with Gasteiger partial charge >= 0.3 is 5.97 Å². The number of carbonyl (C=O) groups excluding carboxylic acids is 1. The lowest BCUT2D eigenvalue weighted by molar-refractivity contribution is -0.155. The smallest absolute Gasteiger partial charge is 0.307 e. The third-order valence-electron chi connectivity index (χ3n) is 1.39.